The SMILES string of the molecule is COc1ccc(NC(=O)/N=C(\N)C2CCCN(CCC3CCCCC3)C2)cc1. The zero-order valence-corrected chi connectivity index (χ0v) is 17.0. The number of piperidine rings is 1. The van der Waals surface area contributed by atoms with Crippen LogP contribution in [0.15, 0.2) is 29.3 Å². The van der Waals surface area contributed by atoms with E-state index >= 15 is 0 Å². The number of carbonyl (C=O) groups is 1. The van der Waals surface area contributed by atoms with Gasteiger partial charge in [-0.25, -0.2) is 4.79 Å². The summed E-state index contributed by atoms with van der Waals surface area (Å²) in [5.74, 6) is 2.27. The van der Waals surface area contributed by atoms with Gasteiger partial charge in [-0.2, -0.15) is 4.99 Å². The number of nitrogens with two attached hydrogens (primary N) is 1. The number of hydrogen-bond acceptors (Lipinski definition) is 3. The van der Waals surface area contributed by atoms with E-state index in [1.165, 1.54) is 38.5 Å². The Hall–Kier alpha value is -2.08. The molecule has 2 amide bonds. The third kappa shape index (κ3) is 6.23. The second-order valence-corrected chi connectivity index (χ2v) is 8.13. The summed E-state index contributed by atoms with van der Waals surface area (Å²) in [5, 5.41) is 2.77. The average Bonchev–Trinajstić information content (AvgIpc) is 2.73. The Bertz CT molecular complexity index is 653. The number of methoxy groups -OCH3 is 1. The molecule has 1 aliphatic carbocycles. The predicted molar refractivity (Wildman–Crippen MR) is 114 cm³/mol. The van der Waals surface area contributed by atoms with Crippen LogP contribution in [0.4, 0.5) is 10.5 Å². The molecule has 1 aromatic carbocycles. The lowest BCUT2D eigenvalue weighted by atomic mass is 9.86. The Labute approximate surface area is 168 Å². The topological polar surface area (TPSA) is 79.9 Å². The molecule has 1 aromatic rings. The fourth-order valence-electron chi connectivity index (χ4n) is 4.38. The highest BCUT2D eigenvalue weighted by Gasteiger charge is 2.24. The van der Waals surface area contributed by atoms with Crippen LogP contribution >= 0.6 is 0 Å². The number of rotatable bonds is 6. The van der Waals surface area contributed by atoms with E-state index in [0.29, 0.717) is 11.5 Å². The van der Waals surface area contributed by atoms with Gasteiger partial charge < -0.3 is 20.7 Å². The van der Waals surface area contributed by atoms with E-state index in [-0.39, 0.29) is 5.92 Å². The Morgan fingerprint density at radius 3 is 2.64 bits per heavy atom. The number of nitrogens with zero attached hydrogens (tertiary/aromatic N) is 2. The minimum atomic E-state index is -0.415. The zero-order valence-electron chi connectivity index (χ0n) is 17.0. The van der Waals surface area contributed by atoms with Gasteiger partial charge in [-0.1, -0.05) is 32.1 Å². The van der Waals surface area contributed by atoms with Crippen LogP contribution in [0.2, 0.25) is 0 Å². The van der Waals surface area contributed by atoms with E-state index in [1.807, 2.05) is 0 Å². The summed E-state index contributed by atoms with van der Waals surface area (Å²) in [7, 11) is 1.61. The monoisotopic (exact) mass is 386 g/mol. The Morgan fingerprint density at radius 2 is 1.93 bits per heavy atom. The fraction of sp³-hybridized carbons (Fsp3) is 0.636. The van der Waals surface area contributed by atoms with Crippen molar-refractivity contribution in [2.24, 2.45) is 22.6 Å². The molecule has 1 saturated carbocycles. The molecule has 154 valence electrons. The van der Waals surface area contributed by atoms with E-state index in [0.717, 1.165) is 44.1 Å². The molecule has 0 radical (unpaired) electrons. The fourth-order valence-corrected chi connectivity index (χ4v) is 4.38. The molecular formula is C22H34N4O2. The molecule has 1 saturated heterocycles. The Kier molecular flexibility index (Phi) is 7.71. The molecule has 2 aliphatic rings. The van der Waals surface area contributed by atoms with Gasteiger partial charge in [0, 0.05) is 18.2 Å². The van der Waals surface area contributed by atoms with Crippen LogP contribution in [0.1, 0.15) is 51.4 Å². The van der Waals surface area contributed by atoms with Crippen molar-refractivity contribution in [2.75, 3.05) is 32.1 Å². The van der Waals surface area contributed by atoms with Crippen molar-refractivity contribution in [3.8, 4) is 5.75 Å². The lowest BCUT2D eigenvalue weighted by Crippen LogP contribution is -2.42. The first-order valence-electron chi connectivity index (χ1n) is 10.7. The van der Waals surface area contributed by atoms with Gasteiger partial charge >= 0.3 is 6.03 Å². The van der Waals surface area contributed by atoms with Crippen LogP contribution in [0.25, 0.3) is 0 Å². The van der Waals surface area contributed by atoms with Crippen LogP contribution in [0, 0.1) is 11.8 Å². The van der Waals surface area contributed by atoms with Gasteiger partial charge in [-0.3, -0.25) is 0 Å². The van der Waals surface area contributed by atoms with Gasteiger partial charge in [0.15, 0.2) is 0 Å². The van der Waals surface area contributed by atoms with Crippen LogP contribution < -0.4 is 15.8 Å². The van der Waals surface area contributed by atoms with E-state index in [2.05, 4.69) is 15.2 Å². The number of anilines is 1. The maximum atomic E-state index is 12.2. The minimum Gasteiger partial charge on any atom is -0.497 e. The lowest BCUT2D eigenvalue weighted by molar-refractivity contribution is 0.182. The molecule has 1 aliphatic heterocycles. The lowest BCUT2D eigenvalue weighted by Gasteiger charge is -2.33. The van der Waals surface area contributed by atoms with Crippen LogP contribution in [0.3, 0.4) is 0 Å². The highest BCUT2D eigenvalue weighted by Crippen LogP contribution is 2.27. The zero-order chi connectivity index (χ0) is 19.8. The number of carbonyl (C=O) groups excluding carboxylic acids is 1. The van der Waals surface area contributed by atoms with E-state index in [4.69, 9.17) is 10.5 Å². The molecule has 6 nitrogen and oxygen atoms in total. The molecule has 3 N–H and O–H groups in total. The summed E-state index contributed by atoms with van der Waals surface area (Å²) in [6, 6.07) is 6.76. The third-order valence-electron chi connectivity index (χ3n) is 6.07. The Balaban J connectivity index is 1.47. The first kappa shape index (κ1) is 20.6. The van der Waals surface area contributed by atoms with Gasteiger partial charge in [0.05, 0.1) is 7.11 Å². The standard InChI is InChI=1S/C22H34N4O2/c1-28-20-11-9-19(10-12-20)24-22(27)25-21(23)18-8-5-14-26(16-18)15-13-17-6-3-2-4-7-17/h9-12,17-18H,2-8,13-16H2,1H3,(H3,23,24,25,27). The minimum absolute atomic E-state index is 0.168. The normalized spacial score (nSPS) is 22.0. The molecule has 3 rings (SSSR count). The largest absolute Gasteiger partial charge is 0.497 e. The van der Waals surface area contributed by atoms with Crippen molar-refractivity contribution in [2.45, 2.75) is 51.4 Å². The smallest absolute Gasteiger partial charge is 0.347 e. The molecule has 0 aromatic heterocycles. The van der Waals surface area contributed by atoms with Crippen molar-refractivity contribution in [3.63, 3.8) is 0 Å². The van der Waals surface area contributed by atoms with Crippen molar-refractivity contribution >= 4 is 17.6 Å². The number of aliphatic imine (C=N–C) groups is 1. The van der Waals surface area contributed by atoms with Crippen molar-refractivity contribution in [1.82, 2.24) is 4.90 Å². The molecule has 28 heavy (non-hydrogen) atoms. The number of urea groups is 1. The van der Waals surface area contributed by atoms with Gasteiger partial charge in [0.1, 0.15) is 11.6 Å². The summed E-state index contributed by atoms with van der Waals surface area (Å²) in [4.78, 5) is 18.8. The van der Waals surface area contributed by atoms with Gasteiger partial charge in [-0.15, -0.1) is 0 Å². The van der Waals surface area contributed by atoms with Gasteiger partial charge in [0.2, 0.25) is 0 Å². The number of benzene rings is 1. The molecule has 1 heterocycles. The summed E-state index contributed by atoms with van der Waals surface area (Å²) in [6.07, 6.45) is 10.4. The molecule has 1 unspecified atom stereocenters. The number of hydrogen-bond donors (Lipinski definition) is 2. The summed E-state index contributed by atoms with van der Waals surface area (Å²) >= 11 is 0. The van der Waals surface area contributed by atoms with Crippen LogP contribution in [-0.2, 0) is 0 Å². The Morgan fingerprint density at radius 1 is 1.18 bits per heavy atom. The molecule has 0 spiro atoms. The first-order chi connectivity index (χ1) is 13.6. The number of ether oxygens (including phenoxy) is 1. The van der Waals surface area contributed by atoms with E-state index < -0.39 is 6.03 Å². The molecular weight excluding hydrogens is 352 g/mol. The highest BCUT2D eigenvalue weighted by molar-refractivity contribution is 6.00. The van der Waals surface area contributed by atoms with Gasteiger partial charge in [0.25, 0.3) is 0 Å². The molecule has 1 atom stereocenters. The van der Waals surface area contributed by atoms with Crippen LogP contribution in [0.5, 0.6) is 5.75 Å². The molecule has 0 bridgehead atoms. The van der Waals surface area contributed by atoms with Crippen molar-refractivity contribution < 1.29 is 9.53 Å². The summed E-state index contributed by atoms with van der Waals surface area (Å²) < 4.78 is 5.12. The van der Waals surface area contributed by atoms with Gasteiger partial charge in [-0.05, 0) is 62.5 Å². The number of amidine groups is 1. The van der Waals surface area contributed by atoms with Crippen molar-refractivity contribution in [1.29, 1.82) is 0 Å². The number of likely N-dealkylation sites (tertiary alicyclic amines) is 1. The maximum absolute atomic E-state index is 12.2. The second kappa shape index (κ2) is 10.5. The molecule has 6 heteroatoms. The van der Waals surface area contributed by atoms with Crippen LogP contribution in [-0.4, -0.2) is 43.5 Å². The number of amides is 2. The quantitative estimate of drug-likeness (QED) is 0.565. The highest BCUT2D eigenvalue weighted by atomic mass is 16.5. The average molecular weight is 387 g/mol. The summed E-state index contributed by atoms with van der Waals surface area (Å²) in [6.45, 7) is 3.19. The van der Waals surface area contributed by atoms with E-state index in [1.54, 1.807) is 31.4 Å². The second-order valence-electron chi connectivity index (χ2n) is 8.13. The maximum Gasteiger partial charge on any atom is 0.347 e. The molecule has 2 fully saturated rings. The van der Waals surface area contributed by atoms with E-state index in [9.17, 15) is 4.79 Å². The predicted octanol–water partition coefficient (Wildman–Crippen LogP) is 4.27. The summed E-state index contributed by atoms with van der Waals surface area (Å²) in [5.41, 5.74) is 6.87. The van der Waals surface area contributed by atoms with Crippen molar-refractivity contribution in [3.05, 3.63) is 24.3 Å². The number of nitrogens with one attached hydrogen (secondary N) is 1. The first-order valence-corrected chi connectivity index (χ1v) is 10.7. The third-order valence-corrected chi connectivity index (χ3v) is 6.07.